The second-order valence-corrected chi connectivity index (χ2v) is 4.44. The van der Waals surface area contributed by atoms with Crippen LogP contribution in [0, 0.1) is 21.4 Å². The molecule has 0 amide bonds. The number of hydrogen-bond donors (Lipinski definition) is 0. The van der Waals surface area contributed by atoms with Gasteiger partial charge in [0, 0.05) is 39.2 Å². The highest BCUT2D eigenvalue weighted by Crippen LogP contribution is 2.27. The molecule has 1 rings (SSSR count). The van der Waals surface area contributed by atoms with Gasteiger partial charge in [-0.3, -0.25) is 15.0 Å². The molecule has 0 aliphatic carbocycles. The lowest BCUT2D eigenvalue weighted by molar-refractivity contribution is -0.385. The summed E-state index contributed by atoms with van der Waals surface area (Å²) >= 11 is 0. The van der Waals surface area contributed by atoms with Crippen LogP contribution in [-0.2, 0) is 11.3 Å². The zero-order valence-corrected chi connectivity index (χ0v) is 12.2. The van der Waals surface area contributed by atoms with Crippen LogP contribution in [0.3, 0.4) is 0 Å². The second-order valence-electron chi connectivity index (χ2n) is 4.44. The minimum atomic E-state index is -0.461. The zero-order valence-electron chi connectivity index (χ0n) is 12.2. The van der Waals surface area contributed by atoms with E-state index in [1.807, 2.05) is 4.90 Å². The Labute approximate surface area is 123 Å². The van der Waals surface area contributed by atoms with Gasteiger partial charge in [0.05, 0.1) is 24.7 Å². The molecular weight excluding hydrogens is 274 g/mol. The molecule has 0 unspecified atom stereocenters. The van der Waals surface area contributed by atoms with Gasteiger partial charge in [0.15, 0.2) is 5.75 Å². The van der Waals surface area contributed by atoms with E-state index in [1.165, 1.54) is 13.2 Å². The van der Waals surface area contributed by atoms with E-state index >= 15 is 0 Å². The normalized spacial score (nSPS) is 10.4. The van der Waals surface area contributed by atoms with Crippen molar-refractivity contribution in [2.45, 2.75) is 13.0 Å². The van der Waals surface area contributed by atoms with Crippen molar-refractivity contribution in [3.8, 4) is 11.8 Å². The molecule has 0 atom stereocenters. The van der Waals surface area contributed by atoms with Crippen LogP contribution < -0.4 is 4.74 Å². The molecule has 0 radical (unpaired) electrons. The largest absolute Gasteiger partial charge is 0.490 e. The molecule has 0 aromatic heterocycles. The number of benzene rings is 1. The van der Waals surface area contributed by atoms with E-state index in [4.69, 9.17) is 14.7 Å². The second kappa shape index (κ2) is 8.89. The number of nitro benzene ring substituents is 1. The molecule has 0 saturated carbocycles. The lowest BCUT2D eigenvalue weighted by Crippen LogP contribution is -2.28. The average molecular weight is 293 g/mol. The standard InChI is InChI=1S/C14H19N3O4/c1-20-9-8-16(7-3-6-15)11-12-4-5-14(21-2)13(10-12)17(18)19/h4-5,10H,3,7-9,11H2,1-2H3. The van der Waals surface area contributed by atoms with Crippen LogP contribution in [0.4, 0.5) is 5.69 Å². The quantitative estimate of drug-likeness (QED) is 0.511. The number of ether oxygens (including phenoxy) is 2. The number of nitrogens with zero attached hydrogens (tertiary/aromatic N) is 3. The first-order valence-corrected chi connectivity index (χ1v) is 6.52. The van der Waals surface area contributed by atoms with Crippen LogP contribution in [0.25, 0.3) is 0 Å². The highest BCUT2D eigenvalue weighted by atomic mass is 16.6. The van der Waals surface area contributed by atoms with E-state index in [1.54, 1.807) is 19.2 Å². The molecule has 0 aliphatic heterocycles. The predicted octanol–water partition coefficient (Wildman–Crippen LogP) is 1.97. The lowest BCUT2D eigenvalue weighted by Gasteiger charge is -2.20. The van der Waals surface area contributed by atoms with E-state index in [0.29, 0.717) is 32.7 Å². The van der Waals surface area contributed by atoms with Gasteiger partial charge in [0.2, 0.25) is 0 Å². The maximum Gasteiger partial charge on any atom is 0.311 e. The van der Waals surface area contributed by atoms with Crippen molar-refractivity contribution in [2.24, 2.45) is 0 Å². The summed E-state index contributed by atoms with van der Waals surface area (Å²) in [6, 6.07) is 6.98. The molecule has 0 heterocycles. The van der Waals surface area contributed by atoms with Crippen LogP contribution in [-0.4, -0.2) is 43.7 Å². The summed E-state index contributed by atoms with van der Waals surface area (Å²) in [5.74, 6) is 0.240. The molecule has 0 aliphatic rings. The molecule has 0 bridgehead atoms. The molecule has 0 N–H and O–H groups in total. The summed E-state index contributed by atoms with van der Waals surface area (Å²) in [5, 5.41) is 19.7. The van der Waals surface area contributed by atoms with E-state index < -0.39 is 4.92 Å². The molecule has 0 saturated heterocycles. The first kappa shape index (κ1) is 16.9. The number of hydrogen-bond acceptors (Lipinski definition) is 6. The average Bonchev–Trinajstić information content (AvgIpc) is 2.49. The van der Waals surface area contributed by atoms with Crippen molar-refractivity contribution in [1.82, 2.24) is 4.90 Å². The fourth-order valence-electron chi connectivity index (χ4n) is 1.93. The van der Waals surface area contributed by atoms with Gasteiger partial charge in [0.25, 0.3) is 0 Å². The Kier molecular flexibility index (Phi) is 7.15. The summed E-state index contributed by atoms with van der Waals surface area (Å²) in [6.45, 7) is 2.33. The highest BCUT2D eigenvalue weighted by molar-refractivity contribution is 5.48. The monoisotopic (exact) mass is 293 g/mol. The third-order valence-corrected chi connectivity index (χ3v) is 3.00. The topological polar surface area (TPSA) is 88.6 Å². The van der Waals surface area contributed by atoms with Crippen LogP contribution >= 0.6 is 0 Å². The van der Waals surface area contributed by atoms with Crippen LogP contribution in [0.5, 0.6) is 5.75 Å². The molecule has 7 nitrogen and oxygen atoms in total. The van der Waals surface area contributed by atoms with Crippen molar-refractivity contribution in [3.63, 3.8) is 0 Å². The fraction of sp³-hybridized carbons (Fsp3) is 0.500. The van der Waals surface area contributed by atoms with Crippen LogP contribution in [0.2, 0.25) is 0 Å². The van der Waals surface area contributed by atoms with Gasteiger partial charge in [-0.25, -0.2) is 0 Å². The van der Waals surface area contributed by atoms with Crippen molar-refractivity contribution < 1.29 is 14.4 Å². The van der Waals surface area contributed by atoms with Gasteiger partial charge in [-0.15, -0.1) is 0 Å². The van der Waals surface area contributed by atoms with Gasteiger partial charge >= 0.3 is 5.69 Å². The van der Waals surface area contributed by atoms with Crippen molar-refractivity contribution in [1.29, 1.82) is 5.26 Å². The van der Waals surface area contributed by atoms with E-state index in [-0.39, 0.29) is 11.4 Å². The minimum absolute atomic E-state index is 0.0537. The Hall–Kier alpha value is -2.17. The van der Waals surface area contributed by atoms with E-state index in [0.717, 1.165) is 5.56 Å². The molecule has 114 valence electrons. The summed E-state index contributed by atoms with van der Waals surface area (Å²) in [5.41, 5.74) is 0.749. The number of nitriles is 1. The number of methoxy groups -OCH3 is 2. The summed E-state index contributed by atoms with van der Waals surface area (Å²) in [7, 11) is 3.01. The van der Waals surface area contributed by atoms with Gasteiger partial charge in [-0.05, 0) is 11.6 Å². The van der Waals surface area contributed by atoms with Crippen molar-refractivity contribution in [3.05, 3.63) is 33.9 Å². The third kappa shape index (κ3) is 5.38. The van der Waals surface area contributed by atoms with Crippen LogP contribution in [0.1, 0.15) is 12.0 Å². The number of rotatable bonds is 9. The number of nitro groups is 1. The highest BCUT2D eigenvalue weighted by Gasteiger charge is 2.16. The first-order chi connectivity index (χ1) is 10.1. The molecule has 21 heavy (non-hydrogen) atoms. The Morgan fingerprint density at radius 1 is 1.38 bits per heavy atom. The predicted molar refractivity (Wildman–Crippen MR) is 77.0 cm³/mol. The molecule has 0 fully saturated rings. The van der Waals surface area contributed by atoms with E-state index in [2.05, 4.69) is 6.07 Å². The lowest BCUT2D eigenvalue weighted by atomic mass is 10.1. The Bertz CT molecular complexity index is 513. The smallest absolute Gasteiger partial charge is 0.311 e. The summed E-state index contributed by atoms with van der Waals surface area (Å²) in [4.78, 5) is 12.6. The van der Waals surface area contributed by atoms with Gasteiger partial charge in [-0.1, -0.05) is 6.07 Å². The van der Waals surface area contributed by atoms with Crippen molar-refractivity contribution in [2.75, 3.05) is 33.9 Å². The van der Waals surface area contributed by atoms with Crippen molar-refractivity contribution >= 4 is 5.69 Å². The van der Waals surface area contributed by atoms with Gasteiger partial charge in [0.1, 0.15) is 0 Å². The molecular formula is C14H19N3O4. The van der Waals surface area contributed by atoms with Gasteiger partial charge in [-0.2, -0.15) is 5.26 Å². The third-order valence-electron chi connectivity index (χ3n) is 3.00. The summed E-state index contributed by atoms with van der Waals surface area (Å²) in [6.07, 6.45) is 0.405. The Balaban J connectivity index is 2.85. The Morgan fingerprint density at radius 2 is 2.14 bits per heavy atom. The minimum Gasteiger partial charge on any atom is -0.490 e. The first-order valence-electron chi connectivity index (χ1n) is 6.52. The van der Waals surface area contributed by atoms with E-state index in [9.17, 15) is 10.1 Å². The zero-order chi connectivity index (χ0) is 15.7. The summed E-state index contributed by atoms with van der Waals surface area (Å²) < 4.78 is 10.0. The molecule has 7 heteroatoms. The SMILES string of the molecule is COCCN(CCC#N)Cc1ccc(OC)c([N+](=O)[O-])c1. The van der Waals surface area contributed by atoms with Crippen LogP contribution in [0.15, 0.2) is 18.2 Å². The maximum absolute atomic E-state index is 11.0. The molecule has 1 aromatic rings. The fourth-order valence-corrected chi connectivity index (χ4v) is 1.93. The Morgan fingerprint density at radius 3 is 2.71 bits per heavy atom. The van der Waals surface area contributed by atoms with Gasteiger partial charge < -0.3 is 9.47 Å². The molecule has 1 aromatic carbocycles. The maximum atomic E-state index is 11.0. The molecule has 0 spiro atoms.